The minimum Gasteiger partial charge on any atom is -0.351 e. The minimum absolute atomic E-state index is 0.0815. The molecular weight excluding hydrogens is 274 g/mol. The number of benzene rings is 1. The summed E-state index contributed by atoms with van der Waals surface area (Å²) < 4.78 is 4.90. The maximum Gasteiger partial charge on any atom is 0.290 e. The molecule has 104 valence electrons. The van der Waals surface area contributed by atoms with Gasteiger partial charge in [-0.3, -0.25) is 4.79 Å². The molecule has 1 heterocycles. The van der Waals surface area contributed by atoms with Crippen LogP contribution in [-0.4, -0.2) is 10.4 Å². The van der Waals surface area contributed by atoms with Gasteiger partial charge in [-0.1, -0.05) is 48.7 Å². The van der Waals surface area contributed by atoms with Gasteiger partial charge in [-0.05, 0) is 35.9 Å². The van der Waals surface area contributed by atoms with Crippen LogP contribution in [0.3, 0.4) is 0 Å². The van der Waals surface area contributed by atoms with Crippen LogP contribution in [0.5, 0.6) is 0 Å². The molecule has 0 spiro atoms. The predicted molar refractivity (Wildman–Crippen MR) is 77.9 cm³/mol. The molecule has 1 aliphatic rings. The monoisotopic (exact) mass is 289 g/mol. The van der Waals surface area contributed by atoms with E-state index in [0.717, 1.165) is 5.56 Å². The lowest BCUT2D eigenvalue weighted by Crippen LogP contribution is -2.04. The molecule has 3 rings (SSSR count). The second-order valence-electron chi connectivity index (χ2n) is 5.31. The van der Waals surface area contributed by atoms with Gasteiger partial charge >= 0.3 is 0 Å². The molecule has 0 atom stereocenters. The largest absolute Gasteiger partial charge is 0.351 e. The zero-order chi connectivity index (χ0) is 13.9. The highest BCUT2D eigenvalue weighted by atomic mass is 35.5. The van der Waals surface area contributed by atoms with Crippen molar-refractivity contribution in [2.75, 3.05) is 0 Å². The van der Waals surface area contributed by atoms with E-state index in [2.05, 4.69) is 17.3 Å². The van der Waals surface area contributed by atoms with Crippen molar-refractivity contribution in [1.82, 2.24) is 5.16 Å². The molecule has 0 amide bonds. The average molecular weight is 290 g/mol. The van der Waals surface area contributed by atoms with Crippen LogP contribution in [0.1, 0.15) is 54.1 Å². The SMILES string of the molecule is O=C(Cl)c1cc(-c2ccc(C3CCCCC3)cc2)no1. The molecule has 0 bridgehead atoms. The summed E-state index contributed by atoms with van der Waals surface area (Å²) in [5, 5.41) is 3.25. The fourth-order valence-corrected chi connectivity index (χ4v) is 2.95. The molecule has 2 aromatic rings. The van der Waals surface area contributed by atoms with Gasteiger partial charge in [-0.2, -0.15) is 0 Å². The van der Waals surface area contributed by atoms with Gasteiger partial charge < -0.3 is 4.52 Å². The number of nitrogens with zero attached hydrogens (tertiary/aromatic N) is 1. The third kappa shape index (κ3) is 2.78. The van der Waals surface area contributed by atoms with Crippen molar-refractivity contribution in [3.8, 4) is 11.3 Å². The smallest absolute Gasteiger partial charge is 0.290 e. The summed E-state index contributed by atoms with van der Waals surface area (Å²) in [5.41, 5.74) is 2.98. The van der Waals surface area contributed by atoms with Gasteiger partial charge in [-0.15, -0.1) is 0 Å². The third-order valence-electron chi connectivity index (χ3n) is 3.99. The summed E-state index contributed by atoms with van der Waals surface area (Å²) in [5.74, 6) is 0.771. The minimum atomic E-state index is -0.623. The van der Waals surface area contributed by atoms with Crippen molar-refractivity contribution in [2.24, 2.45) is 0 Å². The molecule has 0 saturated heterocycles. The van der Waals surface area contributed by atoms with E-state index < -0.39 is 5.24 Å². The van der Waals surface area contributed by atoms with Gasteiger partial charge in [0.15, 0.2) is 0 Å². The first kappa shape index (κ1) is 13.4. The van der Waals surface area contributed by atoms with E-state index in [9.17, 15) is 4.79 Å². The number of rotatable bonds is 3. The molecule has 0 N–H and O–H groups in total. The predicted octanol–water partition coefficient (Wildman–Crippen LogP) is 4.77. The third-order valence-corrected chi connectivity index (χ3v) is 4.17. The van der Waals surface area contributed by atoms with Gasteiger partial charge in [0, 0.05) is 11.6 Å². The highest BCUT2D eigenvalue weighted by Gasteiger charge is 2.16. The Bertz CT molecular complexity index is 597. The van der Waals surface area contributed by atoms with Crippen LogP contribution in [0.15, 0.2) is 34.9 Å². The summed E-state index contributed by atoms with van der Waals surface area (Å²) in [7, 11) is 0. The molecule has 20 heavy (non-hydrogen) atoms. The summed E-state index contributed by atoms with van der Waals surface area (Å²) in [6.07, 6.45) is 6.60. The molecule has 0 unspecified atom stereocenters. The summed E-state index contributed by atoms with van der Waals surface area (Å²) in [4.78, 5) is 11.0. The molecule has 4 heteroatoms. The average Bonchev–Trinajstić information content (AvgIpc) is 2.98. The topological polar surface area (TPSA) is 43.1 Å². The Kier molecular flexibility index (Phi) is 3.88. The molecule has 0 radical (unpaired) electrons. The Morgan fingerprint density at radius 2 is 1.85 bits per heavy atom. The second kappa shape index (κ2) is 5.80. The molecule has 0 aliphatic heterocycles. The lowest BCUT2D eigenvalue weighted by atomic mass is 9.84. The Hall–Kier alpha value is -1.61. The van der Waals surface area contributed by atoms with Gasteiger partial charge in [-0.25, -0.2) is 0 Å². The number of hydrogen-bond donors (Lipinski definition) is 0. The number of aromatic nitrogens is 1. The molecule has 3 nitrogen and oxygen atoms in total. The molecule has 1 aromatic carbocycles. The first-order valence-electron chi connectivity index (χ1n) is 7.01. The van der Waals surface area contributed by atoms with Crippen LogP contribution >= 0.6 is 11.6 Å². The van der Waals surface area contributed by atoms with Crippen molar-refractivity contribution in [3.05, 3.63) is 41.7 Å². The van der Waals surface area contributed by atoms with E-state index in [0.29, 0.717) is 11.6 Å². The van der Waals surface area contributed by atoms with Crippen LogP contribution in [0.4, 0.5) is 0 Å². The first-order chi connectivity index (χ1) is 9.74. The Balaban J connectivity index is 1.79. The number of halogens is 1. The van der Waals surface area contributed by atoms with E-state index in [1.807, 2.05) is 12.1 Å². The highest BCUT2D eigenvalue weighted by Crippen LogP contribution is 2.33. The molecule has 1 fully saturated rings. The summed E-state index contributed by atoms with van der Waals surface area (Å²) in [6.45, 7) is 0. The normalized spacial score (nSPS) is 16.2. The maximum absolute atomic E-state index is 11.0. The lowest BCUT2D eigenvalue weighted by Gasteiger charge is -2.21. The van der Waals surface area contributed by atoms with Gasteiger partial charge in [0.05, 0.1) is 0 Å². The van der Waals surface area contributed by atoms with Gasteiger partial charge in [0.25, 0.3) is 5.24 Å². The number of carbonyl (C=O) groups is 1. The van der Waals surface area contributed by atoms with E-state index in [4.69, 9.17) is 16.1 Å². The Morgan fingerprint density at radius 3 is 2.45 bits per heavy atom. The second-order valence-corrected chi connectivity index (χ2v) is 5.65. The van der Waals surface area contributed by atoms with Gasteiger partial charge in [0.1, 0.15) is 5.69 Å². The first-order valence-corrected chi connectivity index (χ1v) is 7.39. The van der Waals surface area contributed by atoms with Crippen molar-refractivity contribution in [1.29, 1.82) is 0 Å². The maximum atomic E-state index is 11.0. The molecule has 1 aromatic heterocycles. The molecule has 1 saturated carbocycles. The van der Waals surface area contributed by atoms with Crippen LogP contribution in [0.25, 0.3) is 11.3 Å². The van der Waals surface area contributed by atoms with Crippen molar-refractivity contribution < 1.29 is 9.32 Å². The van der Waals surface area contributed by atoms with E-state index in [-0.39, 0.29) is 5.76 Å². The van der Waals surface area contributed by atoms with Gasteiger partial charge in [0.2, 0.25) is 5.76 Å². The summed E-state index contributed by atoms with van der Waals surface area (Å²) >= 11 is 5.36. The van der Waals surface area contributed by atoms with E-state index >= 15 is 0 Å². The number of carbonyl (C=O) groups excluding carboxylic acids is 1. The fourth-order valence-electron chi connectivity index (χ4n) is 2.87. The summed E-state index contributed by atoms with van der Waals surface area (Å²) in [6, 6.07) is 9.95. The van der Waals surface area contributed by atoms with E-state index in [1.165, 1.54) is 37.7 Å². The quantitative estimate of drug-likeness (QED) is 0.765. The lowest BCUT2D eigenvalue weighted by molar-refractivity contribution is 0.104. The molecule has 1 aliphatic carbocycles. The van der Waals surface area contributed by atoms with Crippen LogP contribution in [-0.2, 0) is 0 Å². The number of hydrogen-bond acceptors (Lipinski definition) is 3. The van der Waals surface area contributed by atoms with Crippen molar-refractivity contribution >= 4 is 16.8 Å². The fraction of sp³-hybridized carbons (Fsp3) is 0.375. The van der Waals surface area contributed by atoms with Crippen molar-refractivity contribution in [2.45, 2.75) is 38.0 Å². The van der Waals surface area contributed by atoms with Crippen LogP contribution in [0, 0.1) is 0 Å². The molecular formula is C16H16ClNO2. The Labute approximate surface area is 122 Å². The zero-order valence-electron chi connectivity index (χ0n) is 11.1. The Morgan fingerprint density at radius 1 is 1.15 bits per heavy atom. The van der Waals surface area contributed by atoms with E-state index in [1.54, 1.807) is 6.07 Å². The van der Waals surface area contributed by atoms with Crippen molar-refractivity contribution in [3.63, 3.8) is 0 Å². The zero-order valence-corrected chi connectivity index (χ0v) is 11.9. The van der Waals surface area contributed by atoms with Crippen LogP contribution < -0.4 is 0 Å². The van der Waals surface area contributed by atoms with Crippen LogP contribution in [0.2, 0.25) is 0 Å². The standard InChI is InChI=1S/C16H16ClNO2/c17-16(19)15-10-14(18-20-15)13-8-6-12(7-9-13)11-4-2-1-3-5-11/h6-11H,1-5H2. The highest BCUT2D eigenvalue weighted by molar-refractivity contribution is 6.67.